The van der Waals surface area contributed by atoms with Gasteiger partial charge in [0.25, 0.3) is 0 Å². The molecule has 4 heteroatoms. The first-order chi connectivity index (χ1) is 11.5. The molecule has 3 N–H and O–H groups in total. The van der Waals surface area contributed by atoms with Gasteiger partial charge in [-0.2, -0.15) is 0 Å². The number of nitrogen functional groups attached to an aromatic ring is 1. The number of nitrogens with one attached hydrogen (secondary N) is 1. The Morgan fingerprint density at radius 3 is 2.24 bits per heavy atom. The van der Waals surface area contributed by atoms with Crippen LogP contribution >= 0.6 is 0 Å². The van der Waals surface area contributed by atoms with Crippen molar-refractivity contribution in [3.8, 4) is 0 Å². The second-order valence-corrected chi connectivity index (χ2v) is 9.95. The summed E-state index contributed by atoms with van der Waals surface area (Å²) in [6.45, 7) is 15.6. The summed E-state index contributed by atoms with van der Waals surface area (Å²) in [5.41, 5.74) is 9.89. The van der Waals surface area contributed by atoms with Gasteiger partial charge < -0.3 is 16.0 Å². The summed E-state index contributed by atoms with van der Waals surface area (Å²) in [5.74, 6) is 1.04. The third kappa shape index (κ3) is 4.17. The minimum Gasteiger partial charge on any atom is -0.397 e. The van der Waals surface area contributed by atoms with Crippen molar-refractivity contribution in [2.45, 2.75) is 71.9 Å². The third-order valence-electron chi connectivity index (χ3n) is 5.36. The normalized spacial score (nSPS) is 24.7. The van der Waals surface area contributed by atoms with Gasteiger partial charge in [0, 0.05) is 24.2 Å². The van der Waals surface area contributed by atoms with Crippen molar-refractivity contribution in [2.75, 3.05) is 23.7 Å². The lowest BCUT2D eigenvalue weighted by molar-refractivity contribution is 0.225. The molecule has 3 rings (SSSR count). The highest BCUT2D eigenvalue weighted by molar-refractivity contribution is 5.74. The maximum absolute atomic E-state index is 6.29. The van der Waals surface area contributed by atoms with E-state index < -0.39 is 0 Å². The van der Waals surface area contributed by atoms with Gasteiger partial charge in [0.1, 0.15) is 5.82 Å². The Balaban J connectivity index is 1.91. The van der Waals surface area contributed by atoms with Crippen LogP contribution in [0.2, 0.25) is 0 Å². The number of hydrogen-bond donors (Lipinski definition) is 2. The molecule has 0 unspecified atom stereocenters. The van der Waals surface area contributed by atoms with Gasteiger partial charge in [0.05, 0.1) is 11.4 Å². The number of aromatic nitrogens is 1. The fourth-order valence-corrected chi connectivity index (χ4v) is 4.35. The number of nitrogens with two attached hydrogens (primary N) is 1. The fourth-order valence-electron chi connectivity index (χ4n) is 4.35. The molecule has 4 nitrogen and oxygen atoms in total. The van der Waals surface area contributed by atoms with Crippen LogP contribution in [-0.2, 0) is 0 Å². The number of pyridine rings is 1. The number of anilines is 2. The summed E-state index contributed by atoms with van der Waals surface area (Å²) in [5, 5.41) is 3.72. The molecule has 0 radical (unpaired) electrons. The van der Waals surface area contributed by atoms with E-state index in [1.54, 1.807) is 0 Å². The van der Waals surface area contributed by atoms with Crippen LogP contribution in [0.15, 0.2) is 18.2 Å². The Hall–Kier alpha value is -1.55. The molecule has 2 aliphatic rings. The van der Waals surface area contributed by atoms with Crippen molar-refractivity contribution in [3.63, 3.8) is 0 Å². The second kappa shape index (κ2) is 6.01. The van der Waals surface area contributed by atoms with Gasteiger partial charge in [-0.05, 0) is 70.1 Å². The van der Waals surface area contributed by atoms with Crippen molar-refractivity contribution < 1.29 is 0 Å². The lowest BCUT2D eigenvalue weighted by atomic mass is 9.77. The predicted molar refractivity (Wildman–Crippen MR) is 108 cm³/mol. The Kier molecular flexibility index (Phi) is 4.39. The van der Waals surface area contributed by atoms with E-state index >= 15 is 0 Å². The molecule has 1 aromatic rings. The van der Waals surface area contributed by atoms with Crippen LogP contribution in [0, 0.1) is 5.41 Å². The molecule has 0 atom stereocenters. The predicted octanol–water partition coefficient (Wildman–Crippen LogP) is 4.22. The highest BCUT2D eigenvalue weighted by Crippen LogP contribution is 2.39. The van der Waals surface area contributed by atoms with Crippen molar-refractivity contribution >= 4 is 17.1 Å². The lowest BCUT2D eigenvalue weighted by Crippen LogP contribution is -2.67. The first-order valence-corrected chi connectivity index (χ1v) is 9.47. The van der Waals surface area contributed by atoms with Crippen LogP contribution in [0.4, 0.5) is 11.5 Å². The second-order valence-electron chi connectivity index (χ2n) is 9.95. The van der Waals surface area contributed by atoms with E-state index in [0.717, 1.165) is 43.1 Å². The van der Waals surface area contributed by atoms with Gasteiger partial charge >= 0.3 is 0 Å². The van der Waals surface area contributed by atoms with Crippen LogP contribution in [-0.4, -0.2) is 29.2 Å². The van der Waals surface area contributed by atoms with Gasteiger partial charge in [0.2, 0.25) is 0 Å². The molecule has 138 valence electrons. The molecule has 25 heavy (non-hydrogen) atoms. The Morgan fingerprint density at radius 2 is 1.68 bits per heavy atom. The maximum Gasteiger partial charge on any atom is 0.129 e. The van der Waals surface area contributed by atoms with Crippen LogP contribution in [0.25, 0.3) is 5.57 Å². The molecule has 1 aliphatic carbocycles. The van der Waals surface area contributed by atoms with E-state index in [2.05, 4.69) is 63.9 Å². The average Bonchev–Trinajstić information content (AvgIpc) is 2.45. The average molecular weight is 343 g/mol. The van der Waals surface area contributed by atoms with E-state index in [9.17, 15) is 0 Å². The highest BCUT2D eigenvalue weighted by Gasteiger charge is 2.37. The van der Waals surface area contributed by atoms with Gasteiger partial charge in [-0.3, -0.25) is 0 Å². The van der Waals surface area contributed by atoms with Gasteiger partial charge in [-0.1, -0.05) is 19.9 Å². The quantitative estimate of drug-likeness (QED) is 0.845. The highest BCUT2D eigenvalue weighted by atomic mass is 15.3. The van der Waals surface area contributed by atoms with Gasteiger partial charge in [-0.15, -0.1) is 0 Å². The number of piperazine rings is 1. The summed E-state index contributed by atoms with van der Waals surface area (Å²) >= 11 is 0. The van der Waals surface area contributed by atoms with Crippen LogP contribution < -0.4 is 16.0 Å². The monoisotopic (exact) mass is 342 g/mol. The molecule has 1 fully saturated rings. The van der Waals surface area contributed by atoms with Crippen molar-refractivity contribution in [1.82, 2.24) is 10.3 Å². The Morgan fingerprint density at radius 1 is 1.04 bits per heavy atom. The third-order valence-corrected chi connectivity index (χ3v) is 5.36. The molecule has 2 heterocycles. The van der Waals surface area contributed by atoms with Crippen LogP contribution in [0.5, 0.6) is 0 Å². The van der Waals surface area contributed by atoms with E-state index in [4.69, 9.17) is 10.7 Å². The summed E-state index contributed by atoms with van der Waals surface area (Å²) in [6.07, 6.45) is 5.70. The largest absolute Gasteiger partial charge is 0.397 e. The van der Waals surface area contributed by atoms with Crippen molar-refractivity contribution in [1.29, 1.82) is 0 Å². The van der Waals surface area contributed by atoms with E-state index in [0.29, 0.717) is 5.41 Å². The number of rotatable bonds is 2. The molecule has 0 bridgehead atoms. The van der Waals surface area contributed by atoms with Gasteiger partial charge in [-0.25, -0.2) is 4.98 Å². The standard InChI is InChI=1S/C21H34N4/c1-19(2)11-9-15(10-12-19)18-16(22)7-8-17(23-18)25-13-20(3,4)24-21(5,6)14-25/h7-9,24H,10-14,22H2,1-6H3. The Bertz CT molecular complexity index is 669. The molecular formula is C21H34N4. The van der Waals surface area contributed by atoms with Crippen LogP contribution in [0.1, 0.15) is 66.5 Å². The zero-order valence-electron chi connectivity index (χ0n) is 16.7. The smallest absolute Gasteiger partial charge is 0.129 e. The zero-order chi connectivity index (χ0) is 18.5. The fraction of sp³-hybridized carbons (Fsp3) is 0.667. The summed E-state index contributed by atoms with van der Waals surface area (Å²) < 4.78 is 0. The lowest BCUT2D eigenvalue weighted by Gasteiger charge is -2.48. The van der Waals surface area contributed by atoms with E-state index in [1.165, 1.54) is 12.0 Å². The summed E-state index contributed by atoms with van der Waals surface area (Å²) in [4.78, 5) is 7.40. The first kappa shape index (κ1) is 18.2. The molecule has 1 aromatic heterocycles. The van der Waals surface area contributed by atoms with E-state index in [-0.39, 0.29) is 11.1 Å². The van der Waals surface area contributed by atoms with Gasteiger partial charge in [0.15, 0.2) is 0 Å². The Labute approximate surface area is 152 Å². The minimum absolute atomic E-state index is 0.0547. The number of allylic oxidation sites excluding steroid dienone is 2. The molecule has 1 aliphatic heterocycles. The van der Waals surface area contributed by atoms with E-state index in [1.807, 2.05) is 6.07 Å². The molecule has 0 aromatic carbocycles. The van der Waals surface area contributed by atoms with Crippen molar-refractivity contribution in [3.05, 3.63) is 23.9 Å². The molecule has 1 saturated heterocycles. The molecule has 0 saturated carbocycles. The van der Waals surface area contributed by atoms with Crippen LogP contribution in [0.3, 0.4) is 0 Å². The number of nitrogens with zero attached hydrogens (tertiary/aromatic N) is 2. The summed E-state index contributed by atoms with van der Waals surface area (Å²) in [7, 11) is 0. The topological polar surface area (TPSA) is 54.2 Å². The zero-order valence-corrected chi connectivity index (χ0v) is 16.7. The maximum atomic E-state index is 6.29. The molecule has 0 amide bonds. The first-order valence-electron chi connectivity index (χ1n) is 9.47. The number of hydrogen-bond acceptors (Lipinski definition) is 4. The minimum atomic E-state index is 0.0547. The molecular weight excluding hydrogens is 308 g/mol. The summed E-state index contributed by atoms with van der Waals surface area (Å²) in [6, 6.07) is 4.10. The SMILES string of the molecule is CC1(C)CC=C(c2nc(N3CC(C)(C)NC(C)(C)C3)ccc2N)CC1. The molecule has 0 spiro atoms. The van der Waals surface area contributed by atoms with Crippen molar-refractivity contribution in [2.24, 2.45) is 5.41 Å².